The third-order valence-electron chi connectivity index (χ3n) is 3.38. The molecule has 2 unspecified atom stereocenters. The Morgan fingerprint density at radius 3 is 2.95 bits per heavy atom. The molecule has 1 amide bonds. The lowest BCUT2D eigenvalue weighted by atomic mass is 10.1. The van der Waals surface area contributed by atoms with Gasteiger partial charge in [-0.3, -0.25) is 9.48 Å². The lowest BCUT2D eigenvalue weighted by molar-refractivity contribution is 0.102. The van der Waals surface area contributed by atoms with Crippen LogP contribution in [0.15, 0.2) is 36.7 Å². The van der Waals surface area contributed by atoms with E-state index >= 15 is 0 Å². The predicted molar refractivity (Wildman–Crippen MR) is 72.9 cm³/mol. The van der Waals surface area contributed by atoms with Crippen molar-refractivity contribution in [2.24, 2.45) is 12.8 Å². The van der Waals surface area contributed by atoms with Crippen LogP contribution in [0.2, 0.25) is 0 Å². The number of nitrogens with one attached hydrogen (secondary N) is 1. The zero-order valence-corrected chi connectivity index (χ0v) is 10.7. The van der Waals surface area contributed by atoms with Gasteiger partial charge in [-0.05, 0) is 24.1 Å². The first kappa shape index (κ1) is 11.9. The van der Waals surface area contributed by atoms with E-state index in [0.29, 0.717) is 17.2 Å². The minimum atomic E-state index is -0.121. The van der Waals surface area contributed by atoms with E-state index in [9.17, 15) is 4.79 Å². The molecule has 0 saturated heterocycles. The van der Waals surface area contributed by atoms with Gasteiger partial charge in [0.05, 0.1) is 11.9 Å². The quantitative estimate of drug-likeness (QED) is 0.873. The van der Waals surface area contributed by atoms with Crippen LogP contribution in [-0.2, 0) is 7.05 Å². The number of carbonyl (C=O) groups is 1. The number of nitrogens with zero attached hydrogens (tertiary/aromatic N) is 2. The van der Waals surface area contributed by atoms with Crippen molar-refractivity contribution in [3.63, 3.8) is 0 Å². The molecule has 3 rings (SSSR count). The van der Waals surface area contributed by atoms with Gasteiger partial charge in [0.25, 0.3) is 5.91 Å². The number of nitrogens with two attached hydrogens (primary N) is 1. The molecule has 1 aliphatic carbocycles. The Hall–Kier alpha value is -2.14. The molecule has 0 aliphatic heterocycles. The Morgan fingerprint density at radius 1 is 1.53 bits per heavy atom. The molecule has 1 saturated carbocycles. The fourth-order valence-electron chi connectivity index (χ4n) is 2.20. The second-order valence-corrected chi connectivity index (χ2v) is 4.99. The molecule has 2 atom stereocenters. The fraction of sp³-hybridized carbons (Fsp3) is 0.286. The van der Waals surface area contributed by atoms with Crippen molar-refractivity contribution in [3.05, 3.63) is 47.8 Å². The van der Waals surface area contributed by atoms with Crippen LogP contribution in [0.25, 0.3) is 0 Å². The molecule has 2 aromatic rings. The Balaban J connectivity index is 1.76. The normalized spacial score (nSPS) is 21.2. The molecule has 1 aromatic heterocycles. The van der Waals surface area contributed by atoms with Gasteiger partial charge in [-0.2, -0.15) is 5.10 Å². The average molecular weight is 256 g/mol. The number of anilines is 1. The van der Waals surface area contributed by atoms with Crippen LogP contribution < -0.4 is 11.1 Å². The molecule has 1 fully saturated rings. The first-order valence-corrected chi connectivity index (χ1v) is 6.29. The number of aryl methyl sites for hydroxylation is 1. The van der Waals surface area contributed by atoms with E-state index in [1.165, 1.54) is 0 Å². The zero-order valence-electron chi connectivity index (χ0n) is 10.7. The van der Waals surface area contributed by atoms with E-state index in [2.05, 4.69) is 10.4 Å². The summed E-state index contributed by atoms with van der Waals surface area (Å²) in [6.45, 7) is 0. The lowest BCUT2D eigenvalue weighted by Crippen LogP contribution is -2.12. The summed E-state index contributed by atoms with van der Waals surface area (Å²) in [5.74, 6) is 0.287. The molecule has 0 bridgehead atoms. The van der Waals surface area contributed by atoms with E-state index in [-0.39, 0.29) is 11.9 Å². The third-order valence-corrected chi connectivity index (χ3v) is 3.38. The molecule has 0 radical (unpaired) electrons. The van der Waals surface area contributed by atoms with Gasteiger partial charge >= 0.3 is 0 Å². The summed E-state index contributed by atoms with van der Waals surface area (Å²) in [5.41, 5.74) is 8.33. The Bertz CT molecular complexity index is 619. The maximum absolute atomic E-state index is 12.1. The number of aromatic nitrogens is 2. The summed E-state index contributed by atoms with van der Waals surface area (Å²) in [6, 6.07) is 7.90. The standard InChI is InChI=1S/C14H16N4O/c1-18-8-11(7-16-18)17-14(19)10-4-2-3-9(5-10)12-6-13(12)15/h2-5,7-8,12-13H,6,15H2,1H3,(H,17,19). The van der Waals surface area contributed by atoms with E-state index < -0.39 is 0 Å². The molecule has 0 spiro atoms. The van der Waals surface area contributed by atoms with Crippen molar-refractivity contribution < 1.29 is 4.79 Å². The van der Waals surface area contributed by atoms with Gasteiger partial charge in [-0.1, -0.05) is 12.1 Å². The molecule has 5 heteroatoms. The first-order chi connectivity index (χ1) is 9.13. The van der Waals surface area contributed by atoms with Crippen LogP contribution in [0.1, 0.15) is 28.3 Å². The highest BCUT2D eigenvalue weighted by atomic mass is 16.1. The molecular formula is C14H16N4O. The van der Waals surface area contributed by atoms with Crippen LogP contribution in [0.4, 0.5) is 5.69 Å². The third kappa shape index (κ3) is 2.51. The lowest BCUT2D eigenvalue weighted by Gasteiger charge is -2.05. The van der Waals surface area contributed by atoms with Crippen molar-refractivity contribution >= 4 is 11.6 Å². The number of rotatable bonds is 3. The monoisotopic (exact) mass is 256 g/mol. The van der Waals surface area contributed by atoms with Crippen molar-refractivity contribution in [3.8, 4) is 0 Å². The van der Waals surface area contributed by atoms with Gasteiger partial charge < -0.3 is 11.1 Å². The van der Waals surface area contributed by atoms with Gasteiger partial charge in [-0.15, -0.1) is 0 Å². The van der Waals surface area contributed by atoms with Gasteiger partial charge in [0.15, 0.2) is 0 Å². The van der Waals surface area contributed by atoms with Gasteiger partial charge in [0.1, 0.15) is 0 Å². The molecule has 1 aliphatic rings. The zero-order chi connectivity index (χ0) is 13.4. The Labute approximate surface area is 111 Å². The highest BCUT2D eigenvalue weighted by Gasteiger charge is 2.34. The maximum atomic E-state index is 12.1. The second kappa shape index (κ2) is 4.51. The smallest absolute Gasteiger partial charge is 0.255 e. The SMILES string of the molecule is Cn1cc(NC(=O)c2cccc(C3CC3N)c2)cn1. The Morgan fingerprint density at radius 2 is 2.32 bits per heavy atom. The maximum Gasteiger partial charge on any atom is 0.255 e. The average Bonchev–Trinajstić information content (AvgIpc) is 3.00. The highest BCUT2D eigenvalue weighted by Crippen LogP contribution is 2.39. The minimum Gasteiger partial charge on any atom is -0.327 e. The molecule has 98 valence electrons. The fourth-order valence-corrected chi connectivity index (χ4v) is 2.20. The predicted octanol–water partition coefficient (Wildman–Crippen LogP) is 1.49. The van der Waals surface area contributed by atoms with E-state index in [1.54, 1.807) is 17.1 Å². The summed E-state index contributed by atoms with van der Waals surface area (Å²) < 4.78 is 1.65. The summed E-state index contributed by atoms with van der Waals surface area (Å²) >= 11 is 0. The summed E-state index contributed by atoms with van der Waals surface area (Å²) in [5, 5.41) is 6.84. The minimum absolute atomic E-state index is 0.121. The van der Waals surface area contributed by atoms with Crippen LogP contribution in [-0.4, -0.2) is 21.7 Å². The number of hydrogen-bond donors (Lipinski definition) is 2. The summed E-state index contributed by atoms with van der Waals surface area (Å²) in [6.07, 6.45) is 4.39. The van der Waals surface area contributed by atoms with E-state index in [4.69, 9.17) is 5.73 Å². The number of benzene rings is 1. The van der Waals surface area contributed by atoms with Crippen LogP contribution >= 0.6 is 0 Å². The van der Waals surface area contributed by atoms with Gasteiger partial charge in [0, 0.05) is 30.8 Å². The second-order valence-electron chi connectivity index (χ2n) is 4.99. The molecule has 1 aromatic carbocycles. The molecule has 3 N–H and O–H groups in total. The van der Waals surface area contributed by atoms with Crippen molar-refractivity contribution in [2.45, 2.75) is 18.4 Å². The number of amides is 1. The van der Waals surface area contributed by atoms with Crippen LogP contribution in [0, 0.1) is 0 Å². The molecule has 19 heavy (non-hydrogen) atoms. The van der Waals surface area contributed by atoms with Crippen LogP contribution in [0.5, 0.6) is 0 Å². The molecule has 5 nitrogen and oxygen atoms in total. The summed E-state index contributed by atoms with van der Waals surface area (Å²) in [4.78, 5) is 12.1. The highest BCUT2D eigenvalue weighted by molar-refractivity contribution is 6.04. The topological polar surface area (TPSA) is 72.9 Å². The van der Waals surface area contributed by atoms with Crippen LogP contribution in [0.3, 0.4) is 0 Å². The summed E-state index contributed by atoms with van der Waals surface area (Å²) in [7, 11) is 1.81. The van der Waals surface area contributed by atoms with Crippen molar-refractivity contribution in [1.82, 2.24) is 9.78 Å². The largest absolute Gasteiger partial charge is 0.327 e. The van der Waals surface area contributed by atoms with E-state index in [0.717, 1.165) is 12.0 Å². The molecule has 1 heterocycles. The number of hydrogen-bond acceptors (Lipinski definition) is 3. The van der Waals surface area contributed by atoms with Gasteiger partial charge in [0.2, 0.25) is 0 Å². The number of carbonyl (C=O) groups excluding carboxylic acids is 1. The Kier molecular flexibility index (Phi) is 2.83. The first-order valence-electron chi connectivity index (χ1n) is 6.29. The van der Waals surface area contributed by atoms with E-state index in [1.807, 2.05) is 31.3 Å². The molecular weight excluding hydrogens is 240 g/mol. The van der Waals surface area contributed by atoms with Crippen molar-refractivity contribution in [1.29, 1.82) is 0 Å². The van der Waals surface area contributed by atoms with Gasteiger partial charge in [-0.25, -0.2) is 0 Å². The van der Waals surface area contributed by atoms with Crippen molar-refractivity contribution in [2.75, 3.05) is 5.32 Å².